The van der Waals surface area contributed by atoms with E-state index in [0.29, 0.717) is 16.4 Å². The number of rotatable bonds is 2. The smallest absolute Gasteiger partial charge is 0.148 e. The Morgan fingerprint density at radius 1 is 1.41 bits per heavy atom. The Labute approximate surface area is 104 Å². The second-order valence-electron chi connectivity index (χ2n) is 3.70. The molecule has 88 valence electrons. The molecule has 0 spiro atoms. The standard InChI is InChI=1S/C11H12ClN5/c1-6-15-7(2)17(16-6)8-3-4-9(11(13)14)10(12)5-8/h3-5H,1-2H3,(H3,13,14). The highest BCUT2D eigenvalue weighted by Gasteiger charge is 2.09. The Hall–Kier alpha value is -1.88. The maximum absolute atomic E-state index is 7.36. The van der Waals surface area contributed by atoms with E-state index in [1.807, 2.05) is 19.9 Å². The summed E-state index contributed by atoms with van der Waals surface area (Å²) in [7, 11) is 0. The van der Waals surface area contributed by atoms with E-state index in [2.05, 4.69) is 10.1 Å². The van der Waals surface area contributed by atoms with E-state index in [4.69, 9.17) is 22.7 Å². The van der Waals surface area contributed by atoms with Crippen LogP contribution in [0.5, 0.6) is 0 Å². The van der Waals surface area contributed by atoms with Crippen LogP contribution in [0.4, 0.5) is 0 Å². The van der Waals surface area contributed by atoms with Crippen LogP contribution in [-0.2, 0) is 0 Å². The second-order valence-corrected chi connectivity index (χ2v) is 4.10. The molecule has 3 N–H and O–H groups in total. The van der Waals surface area contributed by atoms with E-state index >= 15 is 0 Å². The predicted molar refractivity (Wildman–Crippen MR) is 66.9 cm³/mol. The zero-order valence-corrected chi connectivity index (χ0v) is 10.3. The van der Waals surface area contributed by atoms with E-state index in [1.54, 1.807) is 16.8 Å². The molecule has 0 amide bonds. The summed E-state index contributed by atoms with van der Waals surface area (Å²) in [6.45, 7) is 3.70. The lowest BCUT2D eigenvalue weighted by molar-refractivity contribution is 0.831. The van der Waals surface area contributed by atoms with Crippen LogP contribution in [0.1, 0.15) is 17.2 Å². The Kier molecular flexibility index (Phi) is 2.85. The molecule has 2 rings (SSSR count). The molecule has 0 fully saturated rings. The Morgan fingerprint density at radius 3 is 2.59 bits per heavy atom. The minimum atomic E-state index is -0.0481. The molecule has 0 saturated carbocycles. The number of aryl methyl sites for hydroxylation is 2. The van der Waals surface area contributed by atoms with Crippen molar-refractivity contribution in [2.75, 3.05) is 0 Å². The first-order chi connectivity index (χ1) is 7.99. The van der Waals surface area contributed by atoms with Crippen molar-refractivity contribution in [3.05, 3.63) is 40.4 Å². The molecule has 0 aliphatic rings. The number of nitrogens with two attached hydrogens (primary N) is 1. The first kappa shape index (κ1) is 11.6. The maximum Gasteiger partial charge on any atom is 0.148 e. The van der Waals surface area contributed by atoms with Gasteiger partial charge in [0, 0.05) is 5.56 Å². The van der Waals surface area contributed by atoms with Crippen LogP contribution in [0.2, 0.25) is 5.02 Å². The average Bonchev–Trinajstić information content (AvgIpc) is 2.57. The van der Waals surface area contributed by atoms with Gasteiger partial charge in [-0.05, 0) is 32.0 Å². The molecule has 17 heavy (non-hydrogen) atoms. The van der Waals surface area contributed by atoms with Crippen molar-refractivity contribution < 1.29 is 0 Å². The monoisotopic (exact) mass is 249 g/mol. The van der Waals surface area contributed by atoms with Crippen LogP contribution in [0.15, 0.2) is 18.2 Å². The van der Waals surface area contributed by atoms with Gasteiger partial charge < -0.3 is 5.73 Å². The molecule has 2 aromatic rings. The number of hydrogen-bond acceptors (Lipinski definition) is 3. The van der Waals surface area contributed by atoms with Crippen molar-refractivity contribution in [3.8, 4) is 5.69 Å². The molecule has 5 nitrogen and oxygen atoms in total. The third-order valence-electron chi connectivity index (χ3n) is 2.36. The third kappa shape index (κ3) is 2.14. The summed E-state index contributed by atoms with van der Waals surface area (Å²) >= 11 is 6.05. The van der Waals surface area contributed by atoms with Crippen LogP contribution < -0.4 is 5.73 Å². The van der Waals surface area contributed by atoms with Crippen molar-refractivity contribution in [1.29, 1.82) is 5.41 Å². The van der Waals surface area contributed by atoms with Gasteiger partial charge in [0.25, 0.3) is 0 Å². The molecule has 0 unspecified atom stereocenters. The molecular weight excluding hydrogens is 238 g/mol. The number of aromatic nitrogens is 3. The van der Waals surface area contributed by atoms with Gasteiger partial charge in [-0.1, -0.05) is 11.6 Å². The summed E-state index contributed by atoms with van der Waals surface area (Å²) in [4.78, 5) is 4.22. The fourth-order valence-corrected chi connectivity index (χ4v) is 1.90. The highest BCUT2D eigenvalue weighted by molar-refractivity contribution is 6.34. The number of nitrogens with one attached hydrogen (secondary N) is 1. The summed E-state index contributed by atoms with van der Waals surface area (Å²) in [5, 5.41) is 12.0. The molecule has 1 heterocycles. The number of hydrogen-bond donors (Lipinski definition) is 2. The fourth-order valence-electron chi connectivity index (χ4n) is 1.62. The zero-order chi connectivity index (χ0) is 12.6. The van der Waals surface area contributed by atoms with Crippen LogP contribution >= 0.6 is 11.6 Å². The summed E-state index contributed by atoms with van der Waals surface area (Å²) in [5.74, 6) is 1.44. The van der Waals surface area contributed by atoms with Crippen molar-refractivity contribution in [3.63, 3.8) is 0 Å². The number of halogens is 1. The summed E-state index contributed by atoms with van der Waals surface area (Å²) in [5.41, 5.74) is 6.72. The molecule has 0 saturated heterocycles. The molecule has 0 aliphatic heterocycles. The van der Waals surface area contributed by atoms with Crippen molar-refractivity contribution in [2.24, 2.45) is 5.73 Å². The van der Waals surface area contributed by atoms with E-state index in [9.17, 15) is 0 Å². The second kappa shape index (κ2) is 4.18. The SMILES string of the molecule is Cc1nc(C)n(-c2ccc(C(=N)N)c(Cl)c2)n1. The lowest BCUT2D eigenvalue weighted by Crippen LogP contribution is -2.12. The van der Waals surface area contributed by atoms with E-state index in [0.717, 1.165) is 11.5 Å². The van der Waals surface area contributed by atoms with Crippen LogP contribution in [0, 0.1) is 19.3 Å². The molecule has 6 heteroatoms. The normalized spacial score (nSPS) is 10.5. The lowest BCUT2D eigenvalue weighted by atomic mass is 10.2. The van der Waals surface area contributed by atoms with Crippen LogP contribution in [0.25, 0.3) is 5.69 Å². The predicted octanol–water partition coefficient (Wildman–Crippen LogP) is 1.82. The van der Waals surface area contributed by atoms with Crippen LogP contribution in [-0.4, -0.2) is 20.6 Å². The number of amidine groups is 1. The van der Waals surface area contributed by atoms with Gasteiger partial charge in [0.2, 0.25) is 0 Å². The van der Waals surface area contributed by atoms with Gasteiger partial charge in [-0.15, -0.1) is 0 Å². The van der Waals surface area contributed by atoms with Crippen molar-refractivity contribution in [1.82, 2.24) is 14.8 Å². The molecular formula is C11H12ClN5. The number of nitrogens with zero attached hydrogens (tertiary/aromatic N) is 3. The van der Waals surface area contributed by atoms with Gasteiger partial charge in [-0.2, -0.15) is 5.10 Å². The quantitative estimate of drug-likeness (QED) is 0.629. The summed E-state index contributed by atoms with van der Waals surface area (Å²) in [6, 6.07) is 5.24. The first-order valence-electron chi connectivity index (χ1n) is 5.03. The topological polar surface area (TPSA) is 80.6 Å². The van der Waals surface area contributed by atoms with E-state index < -0.39 is 0 Å². The van der Waals surface area contributed by atoms with E-state index in [1.165, 1.54) is 0 Å². The lowest BCUT2D eigenvalue weighted by Gasteiger charge is -2.06. The highest BCUT2D eigenvalue weighted by atomic mass is 35.5. The van der Waals surface area contributed by atoms with Gasteiger partial charge in [-0.3, -0.25) is 5.41 Å². The average molecular weight is 250 g/mol. The molecule has 1 aromatic heterocycles. The highest BCUT2D eigenvalue weighted by Crippen LogP contribution is 2.20. The third-order valence-corrected chi connectivity index (χ3v) is 2.67. The Balaban J connectivity index is 2.51. The molecule has 0 radical (unpaired) electrons. The van der Waals surface area contributed by atoms with Crippen molar-refractivity contribution in [2.45, 2.75) is 13.8 Å². The molecule has 0 atom stereocenters. The van der Waals surface area contributed by atoms with Gasteiger partial charge in [0.15, 0.2) is 0 Å². The fraction of sp³-hybridized carbons (Fsp3) is 0.182. The maximum atomic E-state index is 7.36. The van der Waals surface area contributed by atoms with Crippen LogP contribution in [0.3, 0.4) is 0 Å². The molecule has 1 aromatic carbocycles. The first-order valence-corrected chi connectivity index (χ1v) is 5.41. The van der Waals surface area contributed by atoms with Gasteiger partial charge >= 0.3 is 0 Å². The summed E-state index contributed by atoms with van der Waals surface area (Å²) in [6.07, 6.45) is 0. The minimum absolute atomic E-state index is 0.0481. The van der Waals surface area contributed by atoms with Crippen molar-refractivity contribution >= 4 is 17.4 Å². The van der Waals surface area contributed by atoms with Gasteiger partial charge in [0.05, 0.1) is 10.7 Å². The van der Waals surface area contributed by atoms with Gasteiger partial charge in [-0.25, -0.2) is 9.67 Å². The molecule has 0 aliphatic carbocycles. The minimum Gasteiger partial charge on any atom is -0.384 e. The number of benzene rings is 1. The zero-order valence-electron chi connectivity index (χ0n) is 9.53. The van der Waals surface area contributed by atoms with E-state index in [-0.39, 0.29) is 5.84 Å². The Bertz CT molecular complexity index is 588. The van der Waals surface area contributed by atoms with Gasteiger partial charge in [0.1, 0.15) is 17.5 Å². The molecule has 0 bridgehead atoms. The number of nitrogen functional groups attached to an aromatic ring is 1. The summed E-state index contributed by atoms with van der Waals surface area (Å²) < 4.78 is 1.70. The Morgan fingerprint density at radius 2 is 2.12 bits per heavy atom. The largest absolute Gasteiger partial charge is 0.384 e.